The standard InChI is InChI=1S/C16H13BrCl2O3/c1-2-21-15-5-11(8-20)13(17)7-16(15)22-9-10-3-4-12(18)6-14(10)19/h3-8H,2,9H2,1H3. The van der Waals surface area contributed by atoms with Gasteiger partial charge in [0.1, 0.15) is 6.61 Å². The molecule has 0 aliphatic carbocycles. The smallest absolute Gasteiger partial charge is 0.162 e. The van der Waals surface area contributed by atoms with Crippen LogP contribution in [-0.4, -0.2) is 12.9 Å². The zero-order valence-corrected chi connectivity index (χ0v) is 14.8. The Balaban J connectivity index is 2.24. The normalized spacial score (nSPS) is 10.4. The van der Waals surface area contributed by atoms with Gasteiger partial charge < -0.3 is 9.47 Å². The molecule has 0 bridgehead atoms. The van der Waals surface area contributed by atoms with E-state index in [0.29, 0.717) is 38.2 Å². The molecule has 6 heteroatoms. The van der Waals surface area contributed by atoms with Gasteiger partial charge in [-0.2, -0.15) is 0 Å². The summed E-state index contributed by atoms with van der Waals surface area (Å²) in [6, 6.07) is 8.56. The second-order valence-corrected chi connectivity index (χ2v) is 6.09. The molecule has 0 heterocycles. The molecule has 0 atom stereocenters. The number of rotatable bonds is 6. The van der Waals surface area contributed by atoms with Crippen molar-refractivity contribution in [1.29, 1.82) is 0 Å². The van der Waals surface area contributed by atoms with Crippen LogP contribution in [0.15, 0.2) is 34.8 Å². The van der Waals surface area contributed by atoms with E-state index in [4.69, 9.17) is 32.7 Å². The van der Waals surface area contributed by atoms with Gasteiger partial charge in [-0.25, -0.2) is 0 Å². The topological polar surface area (TPSA) is 35.5 Å². The monoisotopic (exact) mass is 402 g/mol. The number of hydrogen-bond acceptors (Lipinski definition) is 3. The molecule has 116 valence electrons. The van der Waals surface area contributed by atoms with Gasteiger partial charge in [-0.3, -0.25) is 4.79 Å². The van der Waals surface area contributed by atoms with E-state index in [0.717, 1.165) is 11.8 Å². The van der Waals surface area contributed by atoms with Crippen LogP contribution in [0.2, 0.25) is 10.0 Å². The minimum absolute atomic E-state index is 0.267. The number of benzene rings is 2. The molecular formula is C16H13BrCl2O3. The van der Waals surface area contributed by atoms with Gasteiger partial charge >= 0.3 is 0 Å². The van der Waals surface area contributed by atoms with Crippen LogP contribution in [0.5, 0.6) is 11.5 Å². The minimum Gasteiger partial charge on any atom is -0.490 e. The van der Waals surface area contributed by atoms with Crippen LogP contribution < -0.4 is 9.47 Å². The quantitative estimate of drug-likeness (QED) is 0.593. The summed E-state index contributed by atoms with van der Waals surface area (Å²) in [6.45, 7) is 2.60. The fourth-order valence-electron chi connectivity index (χ4n) is 1.82. The van der Waals surface area contributed by atoms with E-state index in [2.05, 4.69) is 15.9 Å². The highest BCUT2D eigenvalue weighted by Gasteiger charge is 2.11. The molecule has 2 rings (SSSR count). The molecule has 2 aromatic carbocycles. The summed E-state index contributed by atoms with van der Waals surface area (Å²) in [6.07, 6.45) is 0.756. The maximum absolute atomic E-state index is 11.0. The Morgan fingerprint density at radius 3 is 2.50 bits per heavy atom. The van der Waals surface area contributed by atoms with Crippen molar-refractivity contribution < 1.29 is 14.3 Å². The fraction of sp³-hybridized carbons (Fsp3) is 0.188. The molecule has 0 N–H and O–H groups in total. The molecule has 0 spiro atoms. The van der Waals surface area contributed by atoms with Crippen LogP contribution in [0.1, 0.15) is 22.8 Å². The van der Waals surface area contributed by atoms with Crippen LogP contribution in [0.4, 0.5) is 0 Å². The first kappa shape index (κ1) is 17.1. The summed E-state index contributed by atoms with van der Waals surface area (Å²) < 4.78 is 11.9. The van der Waals surface area contributed by atoms with Crippen LogP contribution >= 0.6 is 39.1 Å². The van der Waals surface area contributed by atoms with Gasteiger partial charge in [0.25, 0.3) is 0 Å². The van der Waals surface area contributed by atoms with E-state index in [1.54, 1.807) is 30.3 Å². The number of carbonyl (C=O) groups is 1. The third-order valence-corrected chi connectivity index (χ3v) is 4.16. The summed E-state index contributed by atoms with van der Waals surface area (Å²) >= 11 is 15.3. The van der Waals surface area contributed by atoms with Gasteiger partial charge in [0, 0.05) is 25.6 Å². The number of aldehydes is 1. The average Bonchev–Trinajstić information content (AvgIpc) is 2.48. The Morgan fingerprint density at radius 2 is 1.86 bits per heavy atom. The van der Waals surface area contributed by atoms with Crippen LogP contribution in [-0.2, 0) is 6.61 Å². The first-order valence-electron chi connectivity index (χ1n) is 6.53. The van der Waals surface area contributed by atoms with E-state index >= 15 is 0 Å². The van der Waals surface area contributed by atoms with Gasteiger partial charge in [0.15, 0.2) is 17.8 Å². The third-order valence-electron chi connectivity index (χ3n) is 2.89. The van der Waals surface area contributed by atoms with Crippen molar-refractivity contribution in [1.82, 2.24) is 0 Å². The fourth-order valence-corrected chi connectivity index (χ4v) is 2.70. The molecule has 0 amide bonds. The van der Waals surface area contributed by atoms with Crippen LogP contribution in [0.3, 0.4) is 0 Å². The lowest BCUT2D eigenvalue weighted by Crippen LogP contribution is -2.01. The van der Waals surface area contributed by atoms with Crippen molar-refractivity contribution in [2.75, 3.05) is 6.61 Å². The van der Waals surface area contributed by atoms with E-state index in [1.807, 2.05) is 6.92 Å². The molecule has 0 radical (unpaired) electrons. The lowest BCUT2D eigenvalue weighted by Gasteiger charge is -2.14. The number of halogens is 3. The first-order chi connectivity index (χ1) is 10.5. The predicted molar refractivity (Wildman–Crippen MR) is 91.5 cm³/mol. The van der Waals surface area contributed by atoms with E-state index in [9.17, 15) is 4.79 Å². The van der Waals surface area contributed by atoms with Crippen LogP contribution in [0.25, 0.3) is 0 Å². The van der Waals surface area contributed by atoms with Crippen molar-refractivity contribution in [3.63, 3.8) is 0 Å². The molecule has 0 saturated heterocycles. The molecule has 22 heavy (non-hydrogen) atoms. The molecule has 0 saturated carbocycles. The molecule has 0 aliphatic rings. The molecular weight excluding hydrogens is 391 g/mol. The Morgan fingerprint density at radius 1 is 1.14 bits per heavy atom. The zero-order valence-electron chi connectivity index (χ0n) is 11.7. The molecule has 0 aliphatic heterocycles. The molecule has 0 unspecified atom stereocenters. The summed E-state index contributed by atoms with van der Waals surface area (Å²) in [7, 11) is 0. The van der Waals surface area contributed by atoms with E-state index in [1.165, 1.54) is 0 Å². The van der Waals surface area contributed by atoms with Gasteiger partial charge in [-0.1, -0.05) is 29.3 Å². The average molecular weight is 404 g/mol. The summed E-state index contributed by atoms with van der Waals surface area (Å²) in [5, 5.41) is 1.11. The SMILES string of the molecule is CCOc1cc(C=O)c(Br)cc1OCc1ccc(Cl)cc1Cl. The molecule has 2 aromatic rings. The molecule has 3 nitrogen and oxygen atoms in total. The maximum Gasteiger partial charge on any atom is 0.162 e. The van der Waals surface area contributed by atoms with Gasteiger partial charge in [-0.05, 0) is 47.1 Å². The number of ether oxygens (including phenoxy) is 2. The Labute approximate surface area is 147 Å². The highest BCUT2D eigenvalue weighted by Crippen LogP contribution is 2.34. The van der Waals surface area contributed by atoms with E-state index < -0.39 is 0 Å². The first-order valence-corrected chi connectivity index (χ1v) is 8.08. The molecule has 0 aromatic heterocycles. The second kappa shape index (κ2) is 7.86. The maximum atomic E-state index is 11.0. The van der Waals surface area contributed by atoms with Gasteiger partial charge in [0.05, 0.1) is 6.61 Å². The molecule has 0 fully saturated rings. The summed E-state index contributed by atoms with van der Waals surface area (Å²) in [4.78, 5) is 11.0. The Hall–Kier alpha value is -1.23. The van der Waals surface area contributed by atoms with Crippen molar-refractivity contribution in [2.24, 2.45) is 0 Å². The van der Waals surface area contributed by atoms with Crippen molar-refractivity contribution >= 4 is 45.4 Å². The Bertz CT molecular complexity index is 689. The highest BCUT2D eigenvalue weighted by molar-refractivity contribution is 9.10. The summed E-state index contributed by atoms with van der Waals surface area (Å²) in [5.74, 6) is 1.04. The number of carbonyl (C=O) groups excluding carboxylic acids is 1. The summed E-state index contributed by atoms with van der Waals surface area (Å²) in [5.41, 5.74) is 1.31. The van der Waals surface area contributed by atoms with Crippen molar-refractivity contribution in [3.05, 3.63) is 56.0 Å². The van der Waals surface area contributed by atoms with Crippen molar-refractivity contribution in [3.8, 4) is 11.5 Å². The third kappa shape index (κ3) is 4.15. The second-order valence-electron chi connectivity index (χ2n) is 4.40. The Kier molecular flexibility index (Phi) is 6.12. The van der Waals surface area contributed by atoms with Gasteiger partial charge in [-0.15, -0.1) is 0 Å². The lowest BCUT2D eigenvalue weighted by atomic mass is 10.2. The number of hydrogen-bond donors (Lipinski definition) is 0. The minimum atomic E-state index is 0.267. The van der Waals surface area contributed by atoms with Crippen molar-refractivity contribution in [2.45, 2.75) is 13.5 Å². The highest BCUT2D eigenvalue weighted by atomic mass is 79.9. The lowest BCUT2D eigenvalue weighted by molar-refractivity contribution is 0.112. The van der Waals surface area contributed by atoms with E-state index in [-0.39, 0.29) is 6.61 Å². The zero-order chi connectivity index (χ0) is 16.1. The van der Waals surface area contributed by atoms with Gasteiger partial charge in [0.2, 0.25) is 0 Å². The largest absolute Gasteiger partial charge is 0.490 e. The van der Waals surface area contributed by atoms with Crippen LogP contribution in [0, 0.1) is 0 Å². The predicted octanol–water partition coefficient (Wildman–Crippen LogP) is 5.55.